The van der Waals surface area contributed by atoms with E-state index in [9.17, 15) is 9.59 Å². The summed E-state index contributed by atoms with van der Waals surface area (Å²) in [6.45, 7) is 3.24. The van der Waals surface area contributed by atoms with E-state index in [4.69, 9.17) is 9.84 Å². The van der Waals surface area contributed by atoms with Crippen LogP contribution < -0.4 is 0 Å². The first-order chi connectivity index (χ1) is 7.57. The van der Waals surface area contributed by atoms with Gasteiger partial charge in [-0.1, -0.05) is 0 Å². The van der Waals surface area contributed by atoms with Gasteiger partial charge in [0.15, 0.2) is 0 Å². The topological polar surface area (TPSA) is 66.8 Å². The van der Waals surface area contributed by atoms with Crippen LogP contribution in [-0.2, 0) is 9.53 Å². The first-order valence-electron chi connectivity index (χ1n) is 5.71. The van der Waals surface area contributed by atoms with Crippen molar-refractivity contribution in [3.63, 3.8) is 0 Å². The first kappa shape index (κ1) is 11.2. The number of ether oxygens (including phenoxy) is 1. The Kier molecular flexibility index (Phi) is 2.78. The molecule has 1 saturated carbocycles. The van der Waals surface area contributed by atoms with Crippen LogP contribution in [0.15, 0.2) is 0 Å². The average Bonchev–Trinajstić information content (AvgIpc) is 2.87. The highest BCUT2D eigenvalue weighted by atomic mass is 16.5. The molecule has 0 aromatic rings. The van der Waals surface area contributed by atoms with Crippen molar-refractivity contribution in [2.75, 3.05) is 19.7 Å². The molecular weight excluding hydrogens is 210 g/mol. The molecule has 1 amide bonds. The highest BCUT2D eigenvalue weighted by Crippen LogP contribution is 2.57. The number of hydrogen-bond donors (Lipinski definition) is 1. The molecule has 1 saturated heterocycles. The van der Waals surface area contributed by atoms with Gasteiger partial charge in [0.1, 0.15) is 0 Å². The zero-order chi connectivity index (χ0) is 11.8. The Balaban J connectivity index is 1.94. The van der Waals surface area contributed by atoms with Crippen molar-refractivity contribution in [3.8, 4) is 0 Å². The van der Waals surface area contributed by atoms with Crippen LogP contribution in [0, 0.1) is 11.3 Å². The summed E-state index contributed by atoms with van der Waals surface area (Å²) in [5.74, 6) is -0.0475. The van der Waals surface area contributed by atoms with Crippen LogP contribution in [0.25, 0.3) is 0 Å². The minimum Gasteiger partial charge on any atom is -0.466 e. The Bertz CT molecular complexity index is 311. The van der Waals surface area contributed by atoms with Crippen molar-refractivity contribution >= 4 is 12.1 Å². The van der Waals surface area contributed by atoms with Gasteiger partial charge in [0.2, 0.25) is 0 Å². The van der Waals surface area contributed by atoms with E-state index in [1.165, 1.54) is 4.90 Å². The molecule has 2 rings (SSSR count). The summed E-state index contributed by atoms with van der Waals surface area (Å²) in [5, 5.41) is 8.94. The van der Waals surface area contributed by atoms with Crippen LogP contribution in [-0.4, -0.2) is 41.8 Å². The van der Waals surface area contributed by atoms with Gasteiger partial charge in [0.05, 0.1) is 13.0 Å². The molecule has 16 heavy (non-hydrogen) atoms. The van der Waals surface area contributed by atoms with E-state index in [1.54, 1.807) is 6.92 Å². The fourth-order valence-electron chi connectivity index (χ4n) is 2.61. The zero-order valence-electron chi connectivity index (χ0n) is 9.44. The van der Waals surface area contributed by atoms with E-state index in [-0.39, 0.29) is 17.3 Å². The van der Waals surface area contributed by atoms with Gasteiger partial charge in [0.25, 0.3) is 0 Å². The number of nitrogens with zero attached hydrogens (tertiary/aromatic N) is 1. The summed E-state index contributed by atoms with van der Waals surface area (Å²) < 4.78 is 4.92. The molecule has 1 atom stereocenters. The molecule has 2 fully saturated rings. The van der Waals surface area contributed by atoms with Crippen LogP contribution in [0.1, 0.15) is 26.2 Å². The summed E-state index contributed by atoms with van der Waals surface area (Å²) in [5.41, 5.74) is 0.0884. The van der Waals surface area contributed by atoms with Gasteiger partial charge in [0, 0.05) is 13.1 Å². The average molecular weight is 227 g/mol. The lowest BCUT2D eigenvalue weighted by atomic mass is 9.90. The van der Waals surface area contributed by atoms with Crippen LogP contribution in [0.3, 0.4) is 0 Å². The highest BCUT2D eigenvalue weighted by molar-refractivity contribution is 5.71. The maximum Gasteiger partial charge on any atom is 0.407 e. The molecule has 2 aliphatic rings. The van der Waals surface area contributed by atoms with Crippen molar-refractivity contribution in [1.29, 1.82) is 0 Å². The highest BCUT2D eigenvalue weighted by Gasteiger charge is 2.56. The second-order valence-corrected chi connectivity index (χ2v) is 4.73. The Morgan fingerprint density at radius 2 is 2.19 bits per heavy atom. The van der Waals surface area contributed by atoms with Crippen LogP contribution in [0.2, 0.25) is 0 Å². The number of amides is 1. The second-order valence-electron chi connectivity index (χ2n) is 4.73. The molecule has 90 valence electrons. The SMILES string of the molecule is CCOC(=O)CC1CN(C(=O)O)CC12CC2. The number of carboxylic acid groups (broad SMARTS) is 1. The van der Waals surface area contributed by atoms with Crippen molar-refractivity contribution in [1.82, 2.24) is 4.90 Å². The van der Waals surface area contributed by atoms with Crippen molar-refractivity contribution < 1.29 is 19.4 Å². The Morgan fingerprint density at radius 1 is 1.50 bits per heavy atom. The van der Waals surface area contributed by atoms with Crippen LogP contribution in [0.4, 0.5) is 4.79 Å². The van der Waals surface area contributed by atoms with E-state index in [2.05, 4.69) is 0 Å². The molecule has 0 aromatic heterocycles. The van der Waals surface area contributed by atoms with Gasteiger partial charge in [-0.2, -0.15) is 0 Å². The standard InChI is InChI=1S/C11H17NO4/c1-2-16-9(13)5-8-6-12(10(14)15)7-11(8)3-4-11/h8H,2-7H2,1H3,(H,14,15). The van der Waals surface area contributed by atoms with E-state index in [0.29, 0.717) is 26.1 Å². The predicted molar refractivity (Wildman–Crippen MR) is 56.0 cm³/mol. The number of rotatable bonds is 3. The van der Waals surface area contributed by atoms with Gasteiger partial charge in [-0.3, -0.25) is 4.79 Å². The van der Waals surface area contributed by atoms with Gasteiger partial charge in [-0.25, -0.2) is 4.79 Å². The van der Waals surface area contributed by atoms with E-state index >= 15 is 0 Å². The molecule has 1 aliphatic carbocycles. The Labute approximate surface area is 94.4 Å². The molecule has 5 heteroatoms. The van der Waals surface area contributed by atoms with Gasteiger partial charge in [-0.15, -0.1) is 0 Å². The number of carbonyl (C=O) groups excluding carboxylic acids is 1. The molecule has 5 nitrogen and oxygen atoms in total. The fourth-order valence-corrected chi connectivity index (χ4v) is 2.61. The molecule has 1 unspecified atom stereocenters. The molecular formula is C11H17NO4. The molecule has 1 N–H and O–H groups in total. The predicted octanol–water partition coefficient (Wildman–Crippen LogP) is 1.33. The molecule has 0 radical (unpaired) electrons. The summed E-state index contributed by atoms with van der Waals surface area (Å²) in [4.78, 5) is 23.7. The number of carbonyl (C=O) groups is 2. The number of hydrogen-bond acceptors (Lipinski definition) is 3. The minimum absolute atomic E-state index is 0.0884. The smallest absolute Gasteiger partial charge is 0.407 e. The van der Waals surface area contributed by atoms with Gasteiger partial charge in [-0.05, 0) is 31.1 Å². The third kappa shape index (κ3) is 1.99. The maximum absolute atomic E-state index is 11.4. The largest absolute Gasteiger partial charge is 0.466 e. The lowest BCUT2D eigenvalue weighted by molar-refractivity contribution is -0.144. The van der Waals surface area contributed by atoms with Crippen molar-refractivity contribution in [2.45, 2.75) is 26.2 Å². The molecule has 0 bridgehead atoms. The van der Waals surface area contributed by atoms with Crippen LogP contribution in [0.5, 0.6) is 0 Å². The molecule has 1 aliphatic heterocycles. The fraction of sp³-hybridized carbons (Fsp3) is 0.818. The maximum atomic E-state index is 11.4. The monoisotopic (exact) mass is 227 g/mol. The van der Waals surface area contributed by atoms with Gasteiger partial charge < -0.3 is 14.7 Å². The second kappa shape index (κ2) is 3.96. The molecule has 0 aromatic carbocycles. The lowest BCUT2D eigenvalue weighted by Gasteiger charge is -2.14. The Morgan fingerprint density at radius 3 is 2.69 bits per heavy atom. The quantitative estimate of drug-likeness (QED) is 0.738. The number of esters is 1. The first-order valence-corrected chi connectivity index (χ1v) is 5.71. The van der Waals surface area contributed by atoms with E-state index in [1.807, 2.05) is 0 Å². The number of likely N-dealkylation sites (tertiary alicyclic amines) is 1. The lowest BCUT2D eigenvalue weighted by Crippen LogP contribution is -2.27. The van der Waals surface area contributed by atoms with E-state index < -0.39 is 6.09 Å². The minimum atomic E-state index is -0.877. The normalized spacial score (nSPS) is 25.8. The summed E-state index contributed by atoms with van der Waals surface area (Å²) >= 11 is 0. The van der Waals surface area contributed by atoms with Crippen molar-refractivity contribution in [3.05, 3.63) is 0 Å². The summed E-state index contributed by atoms with van der Waals surface area (Å²) in [7, 11) is 0. The van der Waals surface area contributed by atoms with Crippen LogP contribution >= 0.6 is 0 Å². The molecule has 1 heterocycles. The summed E-state index contributed by atoms with van der Waals surface area (Å²) in [6, 6.07) is 0. The zero-order valence-corrected chi connectivity index (χ0v) is 9.44. The third-order valence-electron chi connectivity index (χ3n) is 3.69. The Hall–Kier alpha value is -1.26. The molecule has 1 spiro atoms. The van der Waals surface area contributed by atoms with Crippen molar-refractivity contribution in [2.24, 2.45) is 11.3 Å². The van der Waals surface area contributed by atoms with E-state index in [0.717, 1.165) is 12.8 Å². The summed E-state index contributed by atoms with van der Waals surface area (Å²) in [6.07, 6.45) is 1.57. The third-order valence-corrected chi connectivity index (χ3v) is 3.69. The van der Waals surface area contributed by atoms with Gasteiger partial charge >= 0.3 is 12.1 Å².